The largest absolute Gasteiger partial charge is 0.495 e. The fourth-order valence-corrected chi connectivity index (χ4v) is 5.78. The van der Waals surface area contributed by atoms with Crippen molar-refractivity contribution < 1.29 is 23.5 Å². The number of nitrogens with two attached hydrogens (primary N) is 2. The van der Waals surface area contributed by atoms with Gasteiger partial charge < -0.3 is 26.3 Å². The van der Waals surface area contributed by atoms with E-state index in [2.05, 4.69) is 15.3 Å². The second-order valence-corrected chi connectivity index (χ2v) is 12.4. The van der Waals surface area contributed by atoms with E-state index in [0.29, 0.717) is 67.1 Å². The lowest BCUT2D eigenvalue weighted by atomic mass is 9.81. The first-order chi connectivity index (χ1) is 22.5. The zero-order valence-corrected chi connectivity index (χ0v) is 26.9. The Morgan fingerprint density at radius 3 is 2.74 bits per heavy atom. The Bertz CT molecular complexity index is 1930. The van der Waals surface area contributed by atoms with Gasteiger partial charge in [-0.05, 0) is 68.7 Å². The van der Waals surface area contributed by atoms with Crippen LogP contribution < -0.4 is 26.3 Å². The normalized spacial score (nSPS) is 17.6. The van der Waals surface area contributed by atoms with Crippen LogP contribution in [0.1, 0.15) is 64.1 Å². The molecule has 0 bridgehead atoms. The molecule has 1 aliphatic carbocycles. The molecule has 0 radical (unpaired) electrons. The molecule has 0 saturated heterocycles. The van der Waals surface area contributed by atoms with Crippen molar-refractivity contribution in [3.05, 3.63) is 99.2 Å². The number of methoxy groups -OCH3 is 1. The molecule has 3 heterocycles. The van der Waals surface area contributed by atoms with Crippen molar-refractivity contribution in [2.45, 2.75) is 44.1 Å². The summed E-state index contributed by atoms with van der Waals surface area (Å²) in [5.41, 5.74) is 15.3. The van der Waals surface area contributed by atoms with Gasteiger partial charge in [-0.3, -0.25) is 19.6 Å². The van der Waals surface area contributed by atoms with Gasteiger partial charge >= 0.3 is 0 Å². The van der Waals surface area contributed by atoms with Gasteiger partial charge in [0.25, 0.3) is 5.91 Å². The molecule has 1 fully saturated rings. The number of fused-ring (bicyclic) bond motifs is 1. The van der Waals surface area contributed by atoms with Crippen LogP contribution in [-0.4, -0.2) is 54.3 Å². The number of amides is 2. The Kier molecular flexibility index (Phi) is 8.59. The van der Waals surface area contributed by atoms with Gasteiger partial charge in [-0.25, -0.2) is 9.37 Å². The highest BCUT2D eigenvalue weighted by Crippen LogP contribution is 2.47. The fourth-order valence-electron chi connectivity index (χ4n) is 5.58. The zero-order valence-electron chi connectivity index (χ0n) is 26.1. The van der Waals surface area contributed by atoms with Crippen LogP contribution in [0.4, 0.5) is 10.1 Å². The van der Waals surface area contributed by atoms with E-state index in [1.807, 2.05) is 0 Å². The van der Waals surface area contributed by atoms with Gasteiger partial charge in [0.05, 0.1) is 35.2 Å². The SMILES string of the molecule is COc1cc(C(=O)NC[C@@H](c2cccc(F)c2)c2cc3c(c(-c4ccnc(C)c4Cl)n2)OC[C@]3(C)C(N)=O)cc(C=NC2CC2)c1N. The second-order valence-electron chi connectivity index (χ2n) is 12.0. The summed E-state index contributed by atoms with van der Waals surface area (Å²) in [6, 6.07) is 13.0. The number of ether oxygens (including phenoxy) is 2. The molecule has 12 heteroatoms. The topological polar surface area (TPSA) is 155 Å². The summed E-state index contributed by atoms with van der Waals surface area (Å²) in [4.78, 5) is 40.2. The standard InChI is InChI=1S/C35H34ClFN6O4/c1-18-29(36)24(9-10-40-18)31-32-26(35(2,17-47-32)34(39)45)14-27(43-31)25(19-5-4-6-22(37)12-19)16-42-33(44)20-11-21(15-41-23-7-8-23)30(38)28(13-20)46-3/h4-6,9-15,23,25H,7-8,16-17,38H2,1-3H3,(H2,39,45)(H,42,44)/t25-,35-/m0/s1. The molecule has 1 saturated carbocycles. The maximum Gasteiger partial charge on any atom is 0.251 e. The van der Waals surface area contributed by atoms with Crippen LogP contribution in [0.3, 0.4) is 0 Å². The molecule has 0 unspecified atom stereocenters. The lowest BCUT2D eigenvalue weighted by Crippen LogP contribution is -2.40. The molecule has 10 nitrogen and oxygen atoms in total. The summed E-state index contributed by atoms with van der Waals surface area (Å²) in [5.74, 6) is -1.39. The van der Waals surface area contributed by atoms with Crippen molar-refractivity contribution in [2.24, 2.45) is 10.7 Å². The molecule has 6 rings (SSSR count). The number of nitrogen functional groups attached to an aromatic ring is 1. The minimum absolute atomic E-state index is 0.00417. The molecule has 2 aromatic heterocycles. The molecule has 4 aromatic rings. The highest BCUT2D eigenvalue weighted by atomic mass is 35.5. The first-order valence-corrected chi connectivity index (χ1v) is 15.5. The molecule has 2 aliphatic rings. The number of anilines is 1. The second kappa shape index (κ2) is 12.6. The van der Waals surface area contributed by atoms with E-state index in [1.165, 1.54) is 19.2 Å². The van der Waals surface area contributed by atoms with Crippen LogP contribution in [0.2, 0.25) is 5.02 Å². The third-order valence-corrected chi connectivity index (χ3v) is 9.13. The van der Waals surface area contributed by atoms with E-state index in [9.17, 15) is 14.0 Å². The van der Waals surface area contributed by atoms with Gasteiger partial charge in [0.2, 0.25) is 5.91 Å². The minimum Gasteiger partial charge on any atom is -0.495 e. The van der Waals surface area contributed by atoms with Gasteiger partial charge in [-0.1, -0.05) is 23.7 Å². The van der Waals surface area contributed by atoms with Gasteiger partial charge in [0.1, 0.15) is 35.0 Å². The number of aromatic nitrogens is 2. The molecule has 2 aromatic carbocycles. The van der Waals surface area contributed by atoms with E-state index in [4.69, 9.17) is 37.5 Å². The Morgan fingerprint density at radius 1 is 1.26 bits per heavy atom. The lowest BCUT2D eigenvalue weighted by Gasteiger charge is -2.23. The van der Waals surface area contributed by atoms with Crippen LogP contribution >= 0.6 is 11.6 Å². The van der Waals surface area contributed by atoms with E-state index in [1.54, 1.807) is 62.7 Å². The summed E-state index contributed by atoms with van der Waals surface area (Å²) in [6.45, 7) is 3.49. The van der Waals surface area contributed by atoms with Crippen molar-refractivity contribution in [3.63, 3.8) is 0 Å². The first kappa shape index (κ1) is 31.9. The molecular formula is C35H34ClFN6O4. The van der Waals surface area contributed by atoms with Gasteiger partial charge in [0, 0.05) is 47.1 Å². The number of benzene rings is 2. The molecule has 242 valence electrons. The van der Waals surface area contributed by atoms with Crippen molar-refractivity contribution in [1.29, 1.82) is 0 Å². The van der Waals surface area contributed by atoms with Crippen LogP contribution in [0.25, 0.3) is 11.3 Å². The lowest BCUT2D eigenvalue weighted by molar-refractivity contribution is -0.123. The predicted octanol–water partition coefficient (Wildman–Crippen LogP) is 5.11. The fraction of sp³-hybridized carbons (Fsp3) is 0.286. The van der Waals surface area contributed by atoms with Crippen LogP contribution in [0, 0.1) is 12.7 Å². The number of carbonyl (C=O) groups excluding carboxylic acids is 2. The molecular weight excluding hydrogens is 623 g/mol. The number of primary amides is 1. The van der Waals surface area contributed by atoms with E-state index in [0.717, 1.165) is 12.8 Å². The number of hydrogen-bond acceptors (Lipinski definition) is 8. The average molecular weight is 657 g/mol. The summed E-state index contributed by atoms with van der Waals surface area (Å²) in [6.07, 6.45) is 5.31. The third kappa shape index (κ3) is 6.23. The summed E-state index contributed by atoms with van der Waals surface area (Å²) in [7, 11) is 1.48. The van der Waals surface area contributed by atoms with E-state index >= 15 is 0 Å². The maximum absolute atomic E-state index is 14.6. The monoisotopic (exact) mass is 656 g/mol. The summed E-state index contributed by atoms with van der Waals surface area (Å²) in [5, 5.41) is 3.35. The molecule has 2 atom stereocenters. The number of pyridine rings is 2. The number of nitrogens with one attached hydrogen (secondary N) is 1. The quantitative estimate of drug-likeness (QED) is 0.158. The Labute approximate surface area is 276 Å². The molecule has 1 aliphatic heterocycles. The number of rotatable bonds is 10. The number of halogens is 2. The Balaban J connectivity index is 1.43. The number of aryl methyl sites for hydroxylation is 1. The van der Waals surface area contributed by atoms with Crippen LogP contribution in [0.5, 0.6) is 11.5 Å². The molecule has 0 spiro atoms. The smallest absolute Gasteiger partial charge is 0.251 e. The summed E-state index contributed by atoms with van der Waals surface area (Å²) >= 11 is 6.71. The van der Waals surface area contributed by atoms with E-state index < -0.39 is 29.0 Å². The molecule has 5 N–H and O–H groups in total. The molecule has 2 amide bonds. The first-order valence-electron chi connectivity index (χ1n) is 15.1. The number of aliphatic imine (C=N–C) groups is 1. The predicted molar refractivity (Wildman–Crippen MR) is 178 cm³/mol. The average Bonchev–Trinajstić information content (AvgIpc) is 3.82. The number of carbonyl (C=O) groups is 2. The third-order valence-electron chi connectivity index (χ3n) is 8.66. The van der Waals surface area contributed by atoms with E-state index in [-0.39, 0.29) is 19.2 Å². The van der Waals surface area contributed by atoms with Crippen molar-refractivity contribution >= 4 is 35.3 Å². The van der Waals surface area contributed by atoms with Crippen LogP contribution in [0.15, 0.2) is 59.7 Å². The van der Waals surface area contributed by atoms with Crippen molar-refractivity contribution in [1.82, 2.24) is 15.3 Å². The molecule has 47 heavy (non-hydrogen) atoms. The van der Waals surface area contributed by atoms with Crippen LogP contribution in [-0.2, 0) is 10.2 Å². The zero-order chi connectivity index (χ0) is 33.5. The summed E-state index contributed by atoms with van der Waals surface area (Å²) < 4.78 is 26.1. The van der Waals surface area contributed by atoms with Gasteiger partial charge in [0.15, 0.2) is 0 Å². The van der Waals surface area contributed by atoms with Crippen molar-refractivity contribution in [3.8, 4) is 22.8 Å². The van der Waals surface area contributed by atoms with Gasteiger partial charge in [-0.15, -0.1) is 0 Å². The maximum atomic E-state index is 14.6. The highest BCUT2D eigenvalue weighted by Gasteiger charge is 2.44. The minimum atomic E-state index is -1.18. The number of hydrogen-bond donors (Lipinski definition) is 3. The number of nitrogens with zero attached hydrogens (tertiary/aromatic N) is 3. The highest BCUT2D eigenvalue weighted by molar-refractivity contribution is 6.34. The van der Waals surface area contributed by atoms with Gasteiger partial charge in [-0.2, -0.15) is 0 Å². The van der Waals surface area contributed by atoms with Crippen molar-refractivity contribution in [2.75, 3.05) is 26.0 Å². The Hall–Kier alpha value is -5.03. The Morgan fingerprint density at radius 2 is 2.04 bits per heavy atom.